The number of nitrogens with zero attached hydrogens (tertiary/aromatic N) is 1. The summed E-state index contributed by atoms with van der Waals surface area (Å²) in [5.41, 5.74) is 1.76. The Balaban J connectivity index is 0.00000200. The molecule has 1 amide bonds. The van der Waals surface area contributed by atoms with Crippen LogP contribution in [-0.2, 0) is 37.5 Å². The Morgan fingerprint density at radius 3 is 2.95 bits per heavy atom. The van der Waals surface area contributed by atoms with E-state index in [1.807, 2.05) is 18.2 Å². The molecule has 0 unspecified atom stereocenters. The summed E-state index contributed by atoms with van der Waals surface area (Å²) in [5, 5.41) is 0. The van der Waals surface area contributed by atoms with Gasteiger partial charge in [-0.3, -0.25) is 4.79 Å². The maximum absolute atomic E-state index is 11.7. The number of hydrogen-bond acceptors (Lipinski definition) is 2. The van der Waals surface area contributed by atoms with E-state index in [9.17, 15) is 4.79 Å². The third-order valence-electron chi connectivity index (χ3n) is 2.90. The smallest absolute Gasteiger partial charge is 0.222 e. The molecule has 5 heteroatoms. The fourth-order valence-corrected chi connectivity index (χ4v) is 2.45. The Labute approximate surface area is 153 Å². The molecular formula is C15H15BrNO2Y-. The molecule has 1 aromatic rings. The topological polar surface area (TPSA) is 29.5 Å². The Kier molecular flexibility index (Phi) is 7.14. The Morgan fingerprint density at radius 2 is 2.30 bits per heavy atom. The van der Waals surface area contributed by atoms with Gasteiger partial charge in [0.15, 0.2) is 0 Å². The molecule has 0 saturated carbocycles. The Bertz CT molecular complexity index is 543. The normalized spacial score (nSPS) is 14.4. The van der Waals surface area contributed by atoms with Crippen molar-refractivity contribution in [1.82, 2.24) is 4.90 Å². The minimum atomic E-state index is 0. The zero-order chi connectivity index (χ0) is 13.8. The summed E-state index contributed by atoms with van der Waals surface area (Å²) in [6, 6.07) is 5.70. The second kappa shape index (κ2) is 8.11. The van der Waals surface area contributed by atoms with Gasteiger partial charge in [0, 0.05) is 46.2 Å². The van der Waals surface area contributed by atoms with Crippen molar-refractivity contribution in [3.8, 4) is 5.75 Å². The zero-order valence-electron chi connectivity index (χ0n) is 11.4. The molecule has 20 heavy (non-hydrogen) atoms. The number of allylic oxidation sites excluding steroid dienone is 1. The van der Waals surface area contributed by atoms with Crippen LogP contribution in [0.3, 0.4) is 0 Å². The predicted molar refractivity (Wildman–Crippen MR) is 78.5 cm³/mol. The van der Waals surface area contributed by atoms with Gasteiger partial charge in [0.1, 0.15) is 12.4 Å². The van der Waals surface area contributed by atoms with Crippen molar-refractivity contribution in [3.05, 3.63) is 47.0 Å². The van der Waals surface area contributed by atoms with Gasteiger partial charge in [-0.05, 0) is 12.1 Å². The van der Waals surface area contributed by atoms with E-state index in [2.05, 4.69) is 28.6 Å². The van der Waals surface area contributed by atoms with Crippen LogP contribution in [0.1, 0.15) is 18.4 Å². The van der Waals surface area contributed by atoms with E-state index in [-0.39, 0.29) is 38.6 Å². The molecule has 1 aromatic carbocycles. The van der Waals surface area contributed by atoms with Crippen LogP contribution in [0.5, 0.6) is 5.75 Å². The number of hydrogen-bond donors (Lipinski definition) is 0. The predicted octanol–water partition coefficient (Wildman–Crippen LogP) is 3.41. The van der Waals surface area contributed by atoms with Crippen molar-refractivity contribution in [1.29, 1.82) is 0 Å². The summed E-state index contributed by atoms with van der Waals surface area (Å²) < 4.78 is 6.36. The number of benzene rings is 1. The van der Waals surface area contributed by atoms with Crippen molar-refractivity contribution in [2.75, 3.05) is 13.7 Å². The summed E-state index contributed by atoms with van der Waals surface area (Å²) >= 11 is 3.52. The fourth-order valence-electron chi connectivity index (χ4n) is 1.91. The van der Waals surface area contributed by atoms with Gasteiger partial charge in [-0.15, -0.1) is 23.7 Å². The number of carbonyl (C=O) groups is 1. The number of halogens is 1. The molecule has 0 saturated heterocycles. The molecule has 0 aliphatic carbocycles. The number of ether oxygens (including phenoxy) is 1. The van der Waals surface area contributed by atoms with Gasteiger partial charge in [-0.2, -0.15) is 0 Å². The molecule has 0 spiro atoms. The van der Waals surface area contributed by atoms with Gasteiger partial charge in [0.2, 0.25) is 5.91 Å². The average molecular weight is 410 g/mol. The molecule has 0 aromatic heterocycles. The van der Waals surface area contributed by atoms with Crippen LogP contribution in [0.4, 0.5) is 0 Å². The SMILES string of the molecule is C=CCOc1ccc(C2=[C-]CCC(=O)N2C)c(Br)c1.[Y]. The minimum Gasteiger partial charge on any atom is -0.490 e. The van der Waals surface area contributed by atoms with E-state index in [4.69, 9.17) is 4.74 Å². The van der Waals surface area contributed by atoms with E-state index in [0.29, 0.717) is 19.4 Å². The first kappa shape index (κ1) is 17.6. The zero-order valence-corrected chi connectivity index (χ0v) is 15.8. The van der Waals surface area contributed by atoms with Gasteiger partial charge < -0.3 is 9.64 Å². The molecule has 3 nitrogen and oxygen atoms in total. The van der Waals surface area contributed by atoms with Crippen LogP contribution in [0.2, 0.25) is 0 Å². The monoisotopic (exact) mass is 409 g/mol. The van der Waals surface area contributed by atoms with Crippen LogP contribution in [-0.4, -0.2) is 24.5 Å². The Morgan fingerprint density at radius 1 is 1.55 bits per heavy atom. The third-order valence-corrected chi connectivity index (χ3v) is 3.56. The summed E-state index contributed by atoms with van der Waals surface area (Å²) in [6.45, 7) is 4.08. The van der Waals surface area contributed by atoms with Gasteiger partial charge in [-0.1, -0.05) is 33.1 Å². The summed E-state index contributed by atoms with van der Waals surface area (Å²) in [4.78, 5) is 13.4. The van der Waals surface area contributed by atoms with Crippen molar-refractivity contribution in [2.24, 2.45) is 0 Å². The quantitative estimate of drug-likeness (QED) is 0.563. The molecule has 103 valence electrons. The average Bonchev–Trinajstić information content (AvgIpc) is 2.40. The van der Waals surface area contributed by atoms with E-state index < -0.39 is 0 Å². The first-order valence-corrected chi connectivity index (χ1v) is 6.83. The molecule has 0 fully saturated rings. The molecule has 1 aliphatic heterocycles. The summed E-state index contributed by atoms with van der Waals surface area (Å²) in [7, 11) is 1.78. The molecule has 0 N–H and O–H groups in total. The fraction of sp³-hybridized carbons (Fsp3) is 0.267. The standard InChI is InChI=1S/C15H15BrNO2.Y/c1-3-9-19-11-7-8-12(13(16)10-11)14-5-4-6-15(18)17(14)2;/h3,7-8,10H,1,4,6,9H2,2H3;/q-1;. The molecule has 0 bridgehead atoms. The van der Waals surface area contributed by atoms with Crippen molar-refractivity contribution < 1.29 is 42.2 Å². The Hall–Kier alpha value is -0.446. The van der Waals surface area contributed by atoms with Crippen molar-refractivity contribution in [3.63, 3.8) is 0 Å². The van der Waals surface area contributed by atoms with Crippen LogP contribution < -0.4 is 4.74 Å². The molecule has 1 radical (unpaired) electrons. The number of carbonyl (C=O) groups excluding carboxylic acids is 1. The molecule has 1 aliphatic rings. The van der Waals surface area contributed by atoms with E-state index in [0.717, 1.165) is 21.5 Å². The largest absolute Gasteiger partial charge is 0.490 e. The van der Waals surface area contributed by atoms with E-state index in [1.165, 1.54) is 0 Å². The van der Waals surface area contributed by atoms with Crippen molar-refractivity contribution >= 4 is 27.5 Å². The summed E-state index contributed by atoms with van der Waals surface area (Å²) in [5.74, 6) is 0.883. The second-order valence-electron chi connectivity index (χ2n) is 4.22. The molecule has 0 atom stereocenters. The summed E-state index contributed by atoms with van der Waals surface area (Å²) in [6.07, 6.45) is 6.15. The van der Waals surface area contributed by atoms with E-state index in [1.54, 1.807) is 18.0 Å². The van der Waals surface area contributed by atoms with Gasteiger partial charge >= 0.3 is 0 Å². The first-order chi connectivity index (χ1) is 9.13. The minimum absolute atomic E-state index is 0. The van der Waals surface area contributed by atoms with Crippen LogP contribution in [0, 0.1) is 6.08 Å². The van der Waals surface area contributed by atoms with Gasteiger partial charge in [0.25, 0.3) is 0 Å². The van der Waals surface area contributed by atoms with Gasteiger partial charge in [0.05, 0.1) is 0 Å². The molecular weight excluding hydrogens is 395 g/mol. The van der Waals surface area contributed by atoms with Crippen molar-refractivity contribution in [2.45, 2.75) is 12.8 Å². The van der Waals surface area contributed by atoms with Crippen LogP contribution in [0.25, 0.3) is 5.70 Å². The number of rotatable bonds is 4. The first-order valence-electron chi connectivity index (χ1n) is 6.04. The maximum atomic E-state index is 11.7. The van der Waals surface area contributed by atoms with Gasteiger partial charge in [-0.25, -0.2) is 6.08 Å². The third kappa shape index (κ3) is 4.03. The maximum Gasteiger partial charge on any atom is 0.222 e. The number of amides is 1. The molecule has 2 rings (SSSR count). The van der Waals surface area contributed by atoms with E-state index >= 15 is 0 Å². The van der Waals surface area contributed by atoms with Crippen LogP contribution >= 0.6 is 15.9 Å². The second-order valence-corrected chi connectivity index (χ2v) is 5.07. The molecule has 1 heterocycles. The van der Waals surface area contributed by atoms with Crippen LogP contribution in [0.15, 0.2) is 35.3 Å².